The molecule has 1 saturated carbocycles. The first-order chi connectivity index (χ1) is 13.7. The summed E-state index contributed by atoms with van der Waals surface area (Å²) < 4.78 is 7.22. The number of carboxylic acid groups (broad SMARTS) is 1. The second-order valence-corrected chi connectivity index (χ2v) is 7.55. The normalized spacial score (nSPS) is 17.5. The minimum absolute atomic E-state index is 0.0422. The summed E-state index contributed by atoms with van der Waals surface area (Å²) in [4.78, 5) is 18.4. The lowest BCUT2D eigenvalue weighted by Crippen LogP contribution is -2.52. The number of fused-ring (bicyclic) bond motifs is 1. The minimum Gasteiger partial charge on any atom is -0.477 e. The van der Waals surface area contributed by atoms with E-state index in [0.717, 1.165) is 48.4 Å². The molecule has 28 heavy (non-hydrogen) atoms. The topological polar surface area (TPSA) is 80.5 Å². The minimum atomic E-state index is -1.03. The Bertz CT molecular complexity index is 1040. The van der Waals surface area contributed by atoms with E-state index in [1.165, 1.54) is 6.42 Å². The molecule has 0 spiro atoms. The quantitative estimate of drug-likeness (QED) is 0.734. The fourth-order valence-corrected chi connectivity index (χ4v) is 3.98. The maximum Gasteiger partial charge on any atom is 0.354 e. The van der Waals surface area contributed by atoms with Crippen LogP contribution in [0, 0.1) is 0 Å². The first-order valence-electron chi connectivity index (χ1n) is 9.66. The number of methoxy groups -OCH3 is 1. The van der Waals surface area contributed by atoms with E-state index in [1.807, 2.05) is 30.3 Å². The Hall–Kier alpha value is -2.93. The maximum atomic E-state index is 11.8. The Kier molecular flexibility index (Phi) is 4.05. The Labute approximate surface area is 162 Å². The summed E-state index contributed by atoms with van der Waals surface area (Å²) >= 11 is 0. The molecule has 1 aliphatic heterocycles. The second kappa shape index (κ2) is 6.60. The van der Waals surface area contributed by atoms with Gasteiger partial charge in [-0.1, -0.05) is 24.6 Å². The highest BCUT2D eigenvalue weighted by molar-refractivity contribution is 5.98. The van der Waals surface area contributed by atoms with Gasteiger partial charge in [0.25, 0.3) is 0 Å². The Morgan fingerprint density at radius 3 is 2.57 bits per heavy atom. The Morgan fingerprint density at radius 1 is 1.21 bits per heavy atom. The number of nitrogens with zero attached hydrogens (tertiary/aromatic N) is 4. The van der Waals surface area contributed by atoms with Gasteiger partial charge in [0.05, 0.1) is 28.6 Å². The molecule has 1 N–H and O–H groups in total. The molecule has 2 aliphatic rings. The van der Waals surface area contributed by atoms with E-state index in [1.54, 1.807) is 17.9 Å². The van der Waals surface area contributed by atoms with Gasteiger partial charge >= 0.3 is 5.97 Å². The van der Waals surface area contributed by atoms with E-state index in [-0.39, 0.29) is 11.8 Å². The number of ether oxygens (including phenoxy) is 1. The number of anilines is 1. The molecule has 0 atom stereocenters. The van der Waals surface area contributed by atoms with Crippen LogP contribution < -0.4 is 4.90 Å². The molecule has 0 amide bonds. The smallest absolute Gasteiger partial charge is 0.354 e. The number of hydrogen-bond donors (Lipinski definition) is 1. The fraction of sp³-hybridized carbons (Fsp3) is 0.381. The van der Waals surface area contributed by atoms with Crippen molar-refractivity contribution in [2.24, 2.45) is 0 Å². The average molecular weight is 378 g/mol. The molecule has 3 aromatic rings. The van der Waals surface area contributed by atoms with Gasteiger partial charge in [-0.3, -0.25) is 0 Å². The Balaban J connectivity index is 1.75. The van der Waals surface area contributed by atoms with Crippen LogP contribution in [0.4, 0.5) is 5.69 Å². The maximum absolute atomic E-state index is 11.8. The van der Waals surface area contributed by atoms with Gasteiger partial charge in [-0.05, 0) is 31.0 Å². The predicted molar refractivity (Wildman–Crippen MR) is 105 cm³/mol. The summed E-state index contributed by atoms with van der Waals surface area (Å²) in [6, 6.07) is 11.5. The van der Waals surface area contributed by atoms with E-state index in [0.29, 0.717) is 11.6 Å². The number of aromatic nitrogens is 3. The summed E-state index contributed by atoms with van der Waals surface area (Å²) in [5.41, 5.74) is 3.48. The van der Waals surface area contributed by atoms with Crippen LogP contribution in [-0.2, 0) is 4.74 Å². The van der Waals surface area contributed by atoms with Crippen molar-refractivity contribution in [3.05, 3.63) is 47.8 Å². The molecule has 0 bridgehead atoms. The SMILES string of the molecule is COC1CN(c2cc(C(=O)O)nc3c2c(C2CCC2)nn3-c2ccccc2)C1. The van der Waals surface area contributed by atoms with Crippen molar-refractivity contribution in [1.82, 2.24) is 14.8 Å². The summed E-state index contributed by atoms with van der Waals surface area (Å²) in [5.74, 6) is -0.624. The van der Waals surface area contributed by atoms with Crippen molar-refractivity contribution < 1.29 is 14.6 Å². The molecule has 0 unspecified atom stereocenters. The average Bonchev–Trinajstić information content (AvgIpc) is 2.99. The monoisotopic (exact) mass is 378 g/mol. The van der Waals surface area contributed by atoms with Crippen LogP contribution >= 0.6 is 0 Å². The second-order valence-electron chi connectivity index (χ2n) is 7.55. The van der Waals surface area contributed by atoms with Gasteiger partial charge in [0, 0.05) is 26.1 Å². The van der Waals surface area contributed by atoms with Crippen LogP contribution in [0.15, 0.2) is 36.4 Å². The fourth-order valence-electron chi connectivity index (χ4n) is 3.98. The summed E-state index contributed by atoms with van der Waals surface area (Å²) in [7, 11) is 1.71. The molecule has 1 aliphatic carbocycles. The van der Waals surface area contributed by atoms with Gasteiger partial charge in [0.2, 0.25) is 0 Å². The molecule has 3 heterocycles. The number of pyridine rings is 1. The van der Waals surface area contributed by atoms with Crippen molar-refractivity contribution in [3.8, 4) is 5.69 Å². The molecule has 0 radical (unpaired) electrons. The lowest BCUT2D eigenvalue weighted by Gasteiger charge is -2.40. The van der Waals surface area contributed by atoms with E-state index in [4.69, 9.17) is 9.84 Å². The molecule has 7 nitrogen and oxygen atoms in total. The van der Waals surface area contributed by atoms with E-state index >= 15 is 0 Å². The third-order valence-electron chi connectivity index (χ3n) is 5.88. The number of para-hydroxylation sites is 1. The van der Waals surface area contributed by atoms with Crippen molar-refractivity contribution in [1.29, 1.82) is 0 Å². The summed E-state index contributed by atoms with van der Waals surface area (Å²) in [6.07, 6.45) is 3.60. The highest BCUT2D eigenvalue weighted by atomic mass is 16.5. The number of hydrogen-bond acceptors (Lipinski definition) is 5. The zero-order valence-electron chi connectivity index (χ0n) is 15.7. The summed E-state index contributed by atoms with van der Waals surface area (Å²) in [6.45, 7) is 1.49. The number of carboxylic acids is 1. The molecule has 5 rings (SSSR count). The zero-order valence-corrected chi connectivity index (χ0v) is 15.7. The van der Waals surface area contributed by atoms with E-state index in [2.05, 4.69) is 9.88 Å². The lowest BCUT2D eigenvalue weighted by molar-refractivity contribution is 0.0690. The van der Waals surface area contributed by atoms with Gasteiger partial charge in [0.1, 0.15) is 0 Å². The van der Waals surface area contributed by atoms with Crippen molar-refractivity contribution in [2.75, 3.05) is 25.1 Å². The van der Waals surface area contributed by atoms with Crippen molar-refractivity contribution >= 4 is 22.7 Å². The molecule has 7 heteroatoms. The third kappa shape index (κ3) is 2.65. The Morgan fingerprint density at radius 2 is 1.96 bits per heavy atom. The van der Waals surface area contributed by atoms with Crippen molar-refractivity contribution in [3.63, 3.8) is 0 Å². The van der Waals surface area contributed by atoms with Gasteiger partial charge in [-0.15, -0.1) is 0 Å². The molecular weight excluding hydrogens is 356 g/mol. The van der Waals surface area contributed by atoms with E-state index < -0.39 is 5.97 Å². The van der Waals surface area contributed by atoms with E-state index in [9.17, 15) is 9.90 Å². The van der Waals surface area contributed by atoms with Crippen LogP contribution in [0.1, 0.15) is 41.4 Å². The highest BCUT2D eigenvalue weighted by Gasteiger charge is 2.34. The molecule has 1 saturated heterocycles. The number of benzene rings is 1. The third-order valence-corrected chi connectivity index (χ3v) is 5.88. The molecule has 144 valence electrons. The molecule has 1 aromatic carbocycles. The first kappa shape index (κ1) is 17.2. The van der Waals surface area contributed by atoms with Gasteiger partial charge in [0.15, 0.2) is 11.3 Å². The van der Waals surface area contributed by atoms with Crippen molar-refractivity contribution in [2.45, 2.75) is 31.3 Å². The van der Waals surface area contributed by atoms with Crippen LogP contribution in [0.25, 0.3) is 16.7 Å². The summed E-state index contributed by atoms with van der Waals surface area (Å²) in [5, 5.41) is 15.5. The number of aromatic carboxylic acids is 1. The highest BCUT2D eigenvalue weighted by Crippen LogP contribution is 2.43. The number of rotatable bonds is 5. The molecule has 2 aromatic heterocycles. The van der Waals surface area contributed by atoms with Crippen LogP contribution in [0.2, 0.25) is 0 Å². The van der Waals surface area contributed by atoms with Crippen LogP contribution in [0.3, 0.4) is 0 Å². The predicted octanol–water partition coefficient (Wildman–Crippen LogP) is 3.22. The van der Waals surface area contributed by atoms with Gasteiger partial charge in [-0.25, -0.2) is 14.5 Å². The first-order valence-corrected chi connectivity index (χ1v) is 9.66. The molecular formula is C21H22N4O3. The van der Waals surface area contributed by atoms with Gasteiger partial charge < -0.3 is 14.7 Å². The van der Waals surface area contributed by atoms with Crippen LogP contribution in [-0.4, -0.2) is 52.1 Å². The lowest BCUT2D eigenvalue weighted by atomic mass is 9.82. The number of carbonyl (C=O) groups is 1. The van der Waals surface area contributed by atoms with Gasteiger partial charge in [-0.2, -0.15) is 5.10 Å². The largest absolute Gasteiger partial charge is 0.477 e. The molecule has 2 fully saturated rings. The standard InChI is InChI=1S/C21H22N4O3/c1-28-15-11-24(12-15)17-10-16(21(26)27)22-20-18(17)19(13-6-5-7-13)23-25(20)14-8-3-2-4-9-14/h2-4,8-10,13,15H,5-7,11-12H2,1H3,(H,26,27). The zero-order chi connectivity index (χ0) is 19.3. The van der Waals surface area contributed by atoms with Crippen LogP contribution in [0.5, 0.6) is 0 Å².